The Kier molecular flexibility index (Phi) is 4.55. The number of hydrogen-bond donors (Lipinski definition) is 0. The average Bonchev–Trinajstić information content (AvgIpc) is 2.89. The van der Waals surface area contributed by atoms with Gasteiger partial charge < -0.3 is 14.2 Å². The number of pyridine rings is 1. The molecular weight excluding hydrogens is 230 g/mol. The van der Waals surface area contributed by atoms with Crippen LogP contribution in [-0.4, -0.2) is 31.9 Å². The summed E-state index contributed by atoms with van der Waals surface area (Å²) < 4.78 is 16.7. The molecule has 18 heavy (non-hydrogen) atoms. The van der Waals surface area contributed by atoms with E-state index in [0.29, 0.717) is 19.1 Å². The molecule has 1 aromatic rings. The Labute approximate surface area is 108 Å². The van der Waals surface area contributed by atoms with Crippen LogP contribution >= 0.6 is 0 Å². The quantitative estimate of drug-likeness (QED) is 0.728. The lowest BCUT2D eigenvalue weighted by Gasteiger charge is -2.25. The van der Waals surface area contributed by atoms with Crippen LogP contribution in [0.4, 0.5) is 0 Å². The van der Waals surface area contributed by atoms with Gasteiger partial charge in [0.1, 0.15) is 5.60 Å². The highest BCUT2D eigenvalue weighted by atomic mass is 16.5. The fourth-order valence-electron chi connectivity index (χ4n) is 2.08. The van der Waals surface area contributed by atoms with Gasteiger partial charge in [0.2, 0.25) is 5.88 Å². The van der Waals surface area contributed by atoms with E-state index in [2.05, 4.69) is 11.9 Å². The van der Waals surface area contributed by atoms with Gasteiger partial charge in [0, 0.05) is 26.2 Å². The van der Waals surface area contributed by atoms with Crippen molar-refractivity contribution < 1.29 is 14.2 Å². The zero-order valence-corrected chi connectivity index (χ0v) is 11.1. The number of nitrogens with zero attached hydrogens (tertiary/aromatic N) is 1. The summed E-state index contributed by atoms with van der Waals surface area (Å²) in [6, 6.07) is 5.83. The lowest BCUT2D eigenvalue weighted by atomic mass is 9.98. The van der Waals surface area contributed by atoms with E-state index in [9.17, 15) is 0 Å². The summed E-state index contributed by atoms with van der Waals surface area (Å²) in [4.78, 5) is 4.54. The van der Waals surface area contributed by atoms with Crippen LogP contribution in [0.3, 0.4) is 0 Å². The summed E-state index contributed by atoms with van der Waals surface area (Å²) in [6.45, 7) is 4.14. The van der Waals surface area contributed by atoms with Crippen LogP contribution < -0.4 is 4.74 Å². The maximum Gasteiger partial charge on any atom is 0.213 e. The Morgan fingerprint density at radius 3 is 3.00 bits per heavy atom. The van der Waals surface area contributed by atoms with Gasteiger partial charge in [-0.25, -0.2) is 4.98 Å². The monoisotopic (exact) mass is 251 g/mol. The van der Waals surface area contributed by atoms with E-state index in [1.807, 2.05) is 18.2 Å². The predicted octanol–water partition coefficient (Wildman–Crippen LogP) is 2.52. The smallest absolute Gasteiger partial charge is 0.213 e. The summed E-state index contributed by atoms with van der Waals surface area (Å²) in [7, 11) is 1.71. The van der Waals surface area contributed by atoms with Crippen molar-refractivity contribution >= 4 is 0 Å². The normalized spacial score (nSPS) is 23.2. The molecule has 2 rings (SSSR count). The molecule has 0 saturated carbocycles. The molecule has 100 valence electrons. The van der Waals surface area contributed by atoms with E-state index in [0.717, 1.165) is 31.6 Å². The summed E-state index contributed by atoms with van der Waals surface area (Å²) in [5.41, 5.74) is 0.501. The molecule has 1 atom stereocenters. The fraction of sp³-hybridized carbons (Fsp3) is 0.643. The van der Waals surface area contributed by atoms with Gasteiger partial charge in [0.15, 0.2) is 0 Å². The number of hydrogen-bond acceptors (Lipinski definition) is 4. The van der Waals surface area contributed by atoms with Gasteiger partial charge in [-0.2, -0.15) is 0 Å². The number of unbranched alkanes of at least 4 members (excludes halogenated alkanes) is 1. The maximum atomic E-state index is 5.63. The predicted molar refractivity (Wildman–Crippen MR) is 68.8 cm³/mol. The van der Waals surface area contributed by atoms with Gasteiger partial charge in [-0.1, -0.05) is 19.4 Å². The molecule has 1 aliphatic rings. The van der Waals surface area contributed by atoms with Crippen LogP contribution in [0.1, 0.15) is 31.9 Å². The minimum Gasteiger partial charge on any atom is -0.478 e. The minimum atomic E-state index is -0.399. The van der Waals surface area contributed by atoms with Crippen LogP contribution in [0.5, 0.6) is 5.88 Å². The number of rotatable bonds is 6. The second kappa shape index (κ2) is 6.16. The Bertz CT molecular complexity index is 375. The average molecular weight is 251 g/mol. The van der Waals surface area contributed by atoms with Gasteiger partial charge in [-0.05, 0) is 12.5 Å². The Balaban J connectivity index is 2.10. The third-order valence-corrected chi connectivity index (χ3v) is 3.31. The molecular formula is C14H21NO3. The van der Waals surface area contributed by atoms with E-state index >= 15 is 0 Å². The first-order valence-electron chi connectivity index (χ1n) is 6.54. The molecule has 4 nitrogen and oxygen atoms in total. The molecule has 0 bridgehead atoms. The summed E-state index contributed by atoms with van der Waals surface area (Å²) in [5, 5.41) is 0. The third-order valence-electron chi connectivity index (χ3n) is 3.31. The molecule has 0 N–H and O–H groups in total. The molecule has 1 aliphatic heterocycles. The molecule has 1 unspecified atom stereocenters. The Hall–Kier alpha value is -1.13. The van der Waals surface area contributed by atoms with Crippen LogP contribution in [0.25, 0.3) is 0 Å². The van der Waals surface area contributed by atoms with Crippen molar-refractivity contribution in [2.75, 3.05) is 26.9 Å². The molecule has 0 radical (unpaired) electrons. The van der Waals surface area contributed by atoms with Crippen molar-refractivity contribution in [1.82, 2.24) is 4.98 Å². The fourth-order valence-corrected chi connectivity index (χ4v) is 2.08. The second-order valence-corrected chi connectivity index (χ2v) is 4.56. The first-order chi connectivity index (χ1) is 8.80. The van der Waals surface area contributed by atoms with Gasteiger partial charge >= 0.3 is 0 Å². The maximum absolute atomic E-state index is 5.63. The van der Waals surface area contributed by atoms with Crippen LogP contribution in [0.15, 0.2) is 18.2 Å². The Morgan fingerprint density at radius 2 is 2.33 bits per heavy atom. The number of aromatic nitrogens is 1. The Morgan fingerprint density at radius 1 is 1.44 bits per heavy atom. The first-order valence-corrected chi connectivity index (χ1v) is 6.54. The highest BCUT2D eigenvalue weighted by Gasteiger charge is 2.38. The third kappa shape index (κ3) is 2.82. The zero-order chi connectivity index (χ0) is 12.8. The molecule has 2 heterocycles. The molecule has 0 spiro atoms. The molecule has 0 aliphatic carbocycles. The summed E-state index contributed by atoms with van der Waals surface area (Å²) >= 11 is 0. The molecule has 1 aromatic heterocycles. The lowest BCUT2D eigenvalue weighted by Crippen LogP contribution is -2.30. The second-order valence-electron chi connectivity index (χ2n) is 4.56. The van der Waals surface area contributed by atoms with Crippen molar-refractivity contribution in [3.05, 3.63) is 23.9 Å². The molecule has 0 aromatic carbocycles. The van der Waals surface area contributed by atoms with Crippen molar-refractivity contribution in [1.29, 1.82) is 0 Å². The standard InChI is InChI=1S/C14H21NO3/c1-3-4-9-18-13-7-5-6-12(15-13)14(16-2)8-10-17-11-14/h5-7H,3-4,8-11H2,1-2H3. The van der Waals surface area contributed by atoms with Crippen LogP contribution in [0, 0.1) is 0 Å². The van der Waals surface area contributed by atoms with Crippen molar-refractivity contribution in [3.8, 4) is 5.88 Å². The first kappa shape index (κ1) is 13.3. The van der Waals surface area contributed by atoms with Crippen molar-refractivity contribution in [3.63, 3.8) is 0 Å². The molecule has 0 amide bonds. The lowest BCUT2D eigenvalue weighted by molar-refractivity contribution is -0.0249. The summed E-state index contributed by atoms with van der Waals surface area (Å²) in [5.74, 6) is 0.671. The van der Waals surface area contributed by atoms with Gasteiger partial charge in [0.25, 0.3) is 0 Å². The zero-order valence-electron chi connectivity index (χ0n) is 11.1. The SMILES string of the molecule is CCCCOc1cccc(C2(OC)CCOC2)n1. The van der Waals surface area contributed by atoms with Crippen molar-refractivity contribution in [2.45, 2.75) is 31.8 Å². The van der Waals surface area contributed by atoms with E-state index in [1.54, 1.807) is 7.11 Å². The highest BCUT2D eigenvalue weighted by Crippen LogP contribution is 2.33. The molecule has 4 heteroatoms. The topological polar surface area (TPSA) is 40.6 Å². The van der Waals surface area contributed by atoms with E-state index in [-0.39, 0.29) is 0 Å². The van der Waals surface area contributed by atoms with Crippen molar-refractivity contribution in [2.24, 2.45) is 0 Å². The molecule has 1 fully saturated rings. The molecule has 1 saturated heterocycles. The summed E-state index contributed by atoms with van der Waals surface area (Å²) in [6.07, 6.45) is 3.01. The van der Waals surface area contributed by atoms with Crippen LogP contribution in [-0.2, 0) is 15.1 Å². The van der Waals surface area contributed by atoms with Gasteiger partial charge in [-0.3, -0.25) is 0 Å². The van der Waals surface area contributed by atoms with Gasteiger partial charge in [-0.15, -0.1) is 0 Å². The van der Waals surface area contributed by atoms with E-state index in [1.165, 1.54) is 0 Å². The number of methoxy groups -OCH3 is 1. The highest BCUT2D eigenvalue weighted by molar-refractivity contribution is 5.22. The van der Waals surface area contributed by atoms with E-state index in [4.69, 9.17) is 14.2 Å². The van der Waals surface area contributed by atoms with Crippen LogP contribution in [0.2, 0.25) is 0 Å². The minimum absolute atomic E-state index is 0.399. The van der Waals surface area contributed by atoms with Gasteiger partial charge in [0.05, 0.1) is 18.9 Å². The number of ether oxygens (including phenoxy) is 3. The largest absolute Gasteiger partial charge is 0.478 e. The van der Waals surface area contributed by atoms with E-state index < -0.39 is 5.60 Å².